The van der Waals surface area contributed by atoms with E-state index in [4.69, 9.17) is 0 Å². The largest absolute Gasteiger partial charge is 0.433 e. The van der Waals surface area contributed by atoms with Crippen LogP contribution in [-0.2, 0) is 30.9 Å². The van der Waals surface area contributed by atoms with Crippen molar-refractivity contribution in [2.75, 3.05) is 11.4 Å². The number of nitrogens with zero attached hydrogens (tertiary/aromatic N) is 4. The molecule has 0 saturated carbocycles. The van der Waals surface area contributed by atoms with Crippen molar-refractivity contribution in [2.24, 2.45) is 7.05 Å². The monoisotopic (exact) mass is 470 g/mol. The van der Waals surface area contributed by atoms with Gasteiger partial charge in [0, 0.05) is 30.9 Å². The maximum atomic E-state index is 13.3. The summed E-state index contributed by atoms with van der Waals surface area (Å²) in [6.45, 7) is 2.11. The van der Waals surface area contributed by atoms with Gasteiger partial charge in [0.15, 0.2) is 0 Å². The molecular formula is C25H22F4N4O. The van der Waals surface area contributed by atoms with Gasteiger partial charge in [0.1, 0.15) is 11.5 Å². The summed E-state index contributed by atoms with van der Waals surface area (Å²) in [7, 11) is 1.84. The third-order valence-electron chi connectivity index (χ3n) is 5.64. The number of aromatic nitrogens is 3. The number of hydrogen-bond donors (Lipinski definition) is 0. The fraction of sp³-hybridized carbons (Fsp3) is 0.240. The second-order valence-electron chi connectivity index (χ2n) is 8.06. The number of aryl methyl sites for hydroxylation is 2. The van der Waals surface area contributed by atoms with E-state index in [-0.39, 0.29) is 24.7 Å². The van der Waals surface area contributed by atoms with E-state index in [1.165, 1.54) is 24.4 Å². The lowest BCUT2D eigenvalue weighted by Crippen LogP contribution is -2.34. The first-order valence-electron chi connectivity index (χ1n) is 10.6. The average molecular weight is 470 g/mol. The van der Waals surface area contributed by atoms with Gasteiger partial charge in [-0.2, -0.15) is 18.3 Å². The van der Waals surface area contributed by atoms with Crippen LogP contribution in [0.2, 0.25) is 0 Å². The molecule has 0 aliphatic carbocycles. The number of anilines is 1. The van der Waals surface area contributed by atoms with Crippen molar-refractivity contribution in [3.05, 3.63) is 89.1 Å². The van der Waals surface area contributed by atoms with Gasteiger partial charge in [0.05, 0.1) is 17.6 Å². The van der Waals surface area contributed by atoms with Crippen LogP contribution in [0.4, 0.5) is 23.2 Å². The van der Waals surface area contributed by atoms with E-state index < -0.39 is 11.9 Å². The maximum Gasteiger partial charge on any atom is 0.433 e. The van der Waals surface area contributed by atoms with Crippen LogP contribution in [0, 0.1) is 12.7 Å². The van der Waals surface area contributed by atoms with Crippen LogP contribution in [0.25, 0.3) is 10.9 Å². The Morgan fingerprint density at radius 1 is 1.03 bits per heavy atom. The number of fused-ring (bicyclic) bond motifs is 1. The molecular weight excluding hydrogens is 448 g/mol. The van der Waals surface area contributed by atoms with Gasteiger partial charge in [-0.05, 0) is 60.9 Å². The second-order valence-corrected chi connectivity index (χ2v) is 8.06. The molecule has 0 N–H and O–H groups in total. The highest BCUT2D eigenvalue weighted by Crippen LogP contribution is 2.28. The molecule has 2 aromatic carbocycles. The van der Waals surface area contributed by atoms with Crippen molar-refractivity contribution in [2.45, 2.75) is 25.9 Å². The number of benzene rings is 2. The van der Waals surface area contributed by atoms with Crippen molar-refractivity contribution in [3.8, 4) is 0 Å². The lowest BCUT2D eigenvalue weighted by Gasteiger charge is -2.23. The summed E-state index contributed by atoms with van der Waals surface area (Å²) in [6.07, 6.45) is -2.97. The zero-order valence-corrected chi connectivity index (χ0v) is 18.6. The number of alkyl halides is 3. The van der Waals surface area contributed by atoms with Crippen LogP contribution < -0.4 is 4.90 Å². The Morgan fingerprint density at radius 2 is 1.74 bits per heavy atom. The molecule has 5 nitrogen and oxygen atoms in total. The number of halogens is 4. The highest BCUT2D eigenvalue weighted by atomic mass is 19.4. The van der Waals surface area contributed by atoms with Crippen LogP contribution >= 0.6 is 0 Å². The van der Waals surface area contributed by atoms with Gasteiger partial charge in [-0.25, -0.2) is 4.39 Å². The number of rotatable bonds is 6. The molecule has 0 unspecified atom stereocenters. The van der Waals surface area contributed by atoms with E-state index in [1.807, 2.05) is 32.2 Å². The Balaban J connectivity index is 1.61. The number of carbonyl (C=O) groups excluding carboxylic acids is 1. The summed E-state index contributed by atoms with van der Waals surface area (Å²) in [6, 6.07) is 13.6. The van der Waals surface area contributed by atoms with Crippen LogP contribution in [0.1, 0.15) is 22.5 Å². The van der Waals surface area contributed by atoms with E-state index >= 15 is 0 Å². The van der Waals surface area contributed by atoms with Crippen molar-refractivity contribution in [3.63, 3.8) is 0 Å². The smallest absolute Gasteiger partial charge is 0.312 e. The van der Waals surface area contributed by atoms with Crippen molar-refractivity contribution in [1.82, 2.24) is 14.8 Å². The van der Waals surface area contributed by atoms with Crippen LogP contribution in [0.15, 0.2) is 60.8 Å². The molecule has 176 valence electrons. The van der Waals surface area contributed by atoms with Gasteiger partial charge >= 0.3 is 6.18 Å². The third-order valence-corrected chi connectivity index (χ3v) is 5.64. The van der Waals surface area contributed by atoms with Gasteiger partial charge in [-0.1, -0.05) is 18.2 Å². The molecule has 2 aromatic heterocycles. The van der Waals surface area contributed by atoms with Gasteiger partial charge in [-0.15, -0.1) is 0 Å². The quantitative estimate of drug-likeness (QED) is 0.362. The lowest BCUT2D eigenvalue weighted by atomic mass is 10.1. The van der Waals surface area contributed by atoms with Gasteiger partial charge in [-0.3, -0.25) is 14.5 Å². The summed E-state index contributed by atoms with van der Waals surface area (Å²) < 4.78 is 53.5. The Labute approximate surface area is 193 Å². The second kappa shape index (κ2) is 9.24. The van der Waals surface area contributed by atoms with Crippen molar-refractivity contribution in [1.29, 1.82) is 0 Å². The highest BCUT2D eigenvalue weighted by molar-refractivity contribution is 5.97. The first-order valence-corrected chi connectivity index (χ1v) is 10.6. The minimum absolute atomic E-state index is 0.0512. The fourth-order valence-corrected chi connectivity index (χ4v) is 3.85. The average Bonchev–Trinajstić information content (AvgIpc) is 3.08. The van der Waals surface area contributed by atoms with Crippen LogP contribution in [-0.4, -0.2) is 27.2 Å². The van der Waals surface area contributed by atoms with E-state index in [0.717, 1.165) is 22.7 Å². The van der Waals surface area contributed by atoms with E-state index in [2.05, 4.69) is 10.1 Å². The topological polar surface area (TPSA) is 51.0 Å². The number of pyridine rings is 1. The molecule has 0 atom stereocenters. The SMILES string of the molecule is Cc1nn(C)c2ccc(N(CCc3ccc(C(F)(F)F)nc3)C(=O)Cc3ccc(F)cc3)cc12. The van der Waals surface area contributed by atoms with E-state index in [0.29, 0.717) is 23.2 Å². The molecule has 1 amide bonds. The molecule has 0 fully saturated rings. The summed E-state index contributed by atoms with van der Waals surface area (Å²) >= 11 is 0. The fourth-order valence-electron chi connectivity index (χ4n) is 3.85. The Morgan fingerprint density at radius 3 is 2.38 bits per heavy atom. The molecule has 4 aromatic rings. The molecule has 4 rings (SSSR count). The first-order chi connectivity index (χ1) is 16.1. The van der Waals surface area contributed by atoms with Gasteiger partial charge in [0.25, 0.3) is 0 Å². The molecule has 34 heavy (non-hydrogen) atoms. The zero-order chi connectivity index (χ0) is 24.5. The van der Waals surface area contributed by atoms with Gasteiger partial charge < -0.3 is 4.90 Å². The summed E-state index contributed by atoms with van der Waals surface area (Å²) in [5, 5.41) is 5.31. The summed E-state index contributed by atoms with van der Waals surface area (Å²) in [5.74, 6) is -0.604. The number of hydrogen-bond acceptors (Lipinski definition) is 3. The first kappa shape index (κ1) is 23.4. The Bertz CT molecular complexity index is 1310. The molecule has 0 aliphatic rings. The standard InChI is InChI=1S/C25H22F4N4O/c1-16-21-14-20(8-9-22(21)32(2)31-16)33(24(34)13-17-3-6-19(26)7-4-17)12-11-18-5-10-23(30-15-18)25(27,28)29/h3-10,14-15H,11-13H2,1-2H3. The van der Waals surface area contributed by atoms with E-state index in [9.17, 15) is 22.4 Å². The minimum atomic E-state index is -4.51. The van der Waals surface area contributed by atoms with E-state index in [1.54, 1.807) is 21.7 Å². The van der Waals surface area contributed by atoms with Crippen molar-refractivity contribution >= 4 is 22.5 Å². The molecule has 0 radical (unpaired) electrons. The van der Waals surface area contributed by atoms with Gasteiger partial charge in [0.2, 0.25) is 5.91 Å². The number of amides is 1. The normalized spacial score (nSPS) is 11.7. The van der Waals surface area contributed by atoms with Crippen molar-refractivity contribution < 1.29 is 22.4 Å². The van der Waals surface area contributed by atoms with Crippen LogP contribution in [0.3, 0.4) is 0 Å². The van der Waals surface area contributed by atoms with Crippen LogP contribution in [0.5, 0.6) is 0 Å². The molecule has 2 heterocycles. The lowest BCUT2D eigenvalue weighted by molar-refractivity contribution is -0.141. The predicted molar refractivity (Wildman–Crippen MR) is 121 cm³/mol. The number of carbonyl (C=O) groups is 1. The molecule has 0 spiro atoms. The summed E-state index contributed by atoms with van der Waals surface area (Å²) in [4.78, 5) is 18.4. The Kier molecular flexibility index (Phi) is 6.37. The predicted octanol–water partition coefficient (Wildman–Crippen LogP) is 5.25. The molecule has 0 bridgehead atoms. The highest BCUT2D eigenvalue weighted by Gasteiger charge is 2.32. The molecule has 0 aliphatic heterocycles. The maximum absolute atomic E-state index is 13.3. The zero-order valence-electron chi connectivity index (χ0n) is 18.6. The Hall–Kier alpha value is -3.75. The molecule has 0 saturated heterocycles. The molecule has 9 heteroatoms. The summed E-state index contributed by atoms with van der Waals surface area (Å²) in [5.41, 5.74) is 2.65. The third kappa shape index (κ3) is 5.08. The minimum Gasteiger partial charge on any atom is -0.312 e.